The molecule has 2 rings (SSSR count). The lowest BCUT2D eigenvalue weighted by Crippen LogP contribution is -2.43. The van der Waals surface area contributed by atoms with Crippen molar-refractivity contribution in [3.63, 3.8) is 0 Å². The smallest absolute Gasteiger partial charge is 0.408 e. The highest BCUT2D eigenvalue weighted by atomic mass is 16.6. The van der Waals surface area contributed by atoms with Gasteiger partial charge in [0.05, 0.1) is 19.3 Å². The minimum atomic E-state index is -0.599. The molecule has 0 aliphatic carbocycles. The van der Waals surface area contributed by atoms with Gasteiger partial charge in [-0.25, -0.2) is 4.79 Å². The first-order valence-corrected chi connectivity index (χ1v) is 22.6. The van der Waals surface area contributed by atoms with Crippen molar-refractivity contribution < 1.29 is 23.8 Å². The van der Waals surface area contributed by atoms with Crippen LogP contribution in [-0.4, -0.2) is 61.6 Å². The van der Waals surface area contributed by atoms with Gasteiger partial charge in [-0.3, -0.25) is 4.79 Å². The van der Waals surface area contributed by atoms with Crippen LogP contribution in [0.15, 0.2) is 30.5 Å². The van der Waals surface area contributed by atoms with Crippen LogP contribution in [0.3, 0.4) is 0 Å². The third-order valence-electron chi connectivity index (χ3n) is 9.91. The third-order valence-corrected chi connectivity index (χ3v) is 9.91. The first kappa shape index (κ1) is 50.4. The molecule has 1 atom stereocenters. The topological polar surface area (TPSA) is 102 Å². The second-order valence-electron chi connectivity index (χ2n) is 16.5. The fourth-order valence-electron chi connectivity index (χ4n) is 6.59. The van der Waals surface area contributed by atoms with E-state index in [-0.39, 0.29) is 18.6 Å². The van der Waals surface area contributed by atoms with Gasteiger partial charge in [-0.15, -0.1) is 0 Å². The number of benzene rings is 1. The van der Waals surface area contributed by atoms with Gasteiger partial charge in [0.2, 0.25) is 5.91 Å². The molecular formula is C47H85N3O5. The fraction of sp³-hybridized carbons (Fsp3) is 0.787. The second-order valence-corrected chi connectivity index (χ2v) is 16.5. The molecule has 2 aromatic rings. The number of para-hydroxylation sites is 1. The lowest BCUT2D eigenvalue weighted by Gasteiger charge is -2.20. The van der Waals surface area contributed by atoms with Crippen LogP contribution in [0.25, 0.3) is 10.9 Å². The van der Waals surface area contributed by atoms with Gasteiger partial charge in [0.25, 0.3) is 0 Å². The lowest BCUT2D eigenvalue weighted by atomic mass is 10.1. The Morgan fingerprint density at radius 2 is 1.13 bits per heavy atom. The van der Waals surface area contributed by atoms with Crippen LogP contribution in [0.2, 0.25) is 0 Å². The summed E-state index contributed by atoms with van der Waals surface area (Å²) >= 11 is 0. The van der Waals surface area contributed by atoms with Gasteiger partial charge in [0.1, 0.15) is 5.60 Å². The molecule has 0 radical (unpaired) electrons. The summed E-state index contributed by atoms with van der Waals surface area (Å²) in [5.74, 6) is -0.263. The van der Waals surface area contributed by atoms with Crippen LogP contribution in [0, 0.1) is 6.92 Å². The van der Waals surface area contributed by atoms with E-state index >= 15 is 0 Å². The number of alkyl carbamates (subject to hydrolysis) is 1. The highest BCUT2D eigenvalue weighted by Gasteiger charge is 2.17. The van der Waals surface area contributed by atoms with Crippen LogP contribution >= 0.6 is 0 Å². The van der Waals surface area contributed by atoms with E-state index in [4.69, 9.17) is 14.2 Å². The number of amides is 2. The molecule has 0 bridgehead atoms. The van der Waals surface area contributed by atoms with E-state index in [2.05, 4.69) is 54.6 Å². The number of hydrogen-bond donors (Lipinski definition) is 3. The number of fused-ring (bicyclic) bond motifs is 1. The van der Waals surface area contributed by atoms with Crippen molar-refractivity contribution in [2.24, 2.45) is 0 Å². The predicted octanol–water partition coefficient (Wildman–Crippen LogP) is 12.9. The Kier molecular flexibility index (Phi) is 31.8. The first-order chi connectivity index (χ1) is 26.7. The Hall–Kier alpha value is -2.58. The number of nitrogens with one attached hydrogen (secondary N) is 3. The number of carbonyl (C=O) groups excluding carboxylic acids is 2. The summed E-state index contributed by atoms with van der Waals surface area (Å²) in [5.41, 5.74) is 1.94. The molecular weight excluding hydrogens is 687 g/mol. The zero-order valence-electron chi connectivity index (χ0n) is 36.5. The van der Waals surface area contributed by atoms with Gasteiger partial charge in [-0.2, -0.15) is 0 Å². The molecule has 318 valence electrons. The Labute approximate surface area is 337 Å². The molecule has 0 spiro atoms. The summed E-state index contributed by atoms with van der Waals surface area (Å²) in [5, 5.41) is 6.72. The third kappa shape index (κ3) is 31.2. The number of hydrogen-bond acceptors (Lipinski definition) is 5. The normalized spacial score (nSPS) is 12.0. The zero-order chi connectivity index (χ0) is 40.2. The van der Waals surface area contributed by atoms with Gasteiger partial charge in [0, 0.05) is 36.9 Å². The molecule has 3 N–H and O–H groups in total. The van der Waals surface area contributed by atoms with E-state index < -0.39 is 11.7 Å². The van der Waals surface area contributed by atoms with Gasteiger partial charge in [-0.1, -0.05) is 173 Å². The molecule has 1 aromatic carbocycles. The number of unbranched alkanes of at least 4 members (excludes halogenated alkanes) is 22. The number of carbonyl (C=O) groups is 2. The van der Waals surface area contributed by atoms with E-state index in [1.807, 2.05) is 12.3 Å². The molecule has 2 amide bonds. The number of ether oxygens (including phenoxy) is 3. The van der Waals surface area contributed by atoms with Crippen molar-refractivity contribution in [2.75, 3.05) is 32.9 Å². The molecule has 8 heteroatoms. The van der Waals surface area contributed by atoms with E-state index in [0.29, 0.717) is 19.8 Å². The van der Waals surface area contributed by atoms with E-state index in [9.17, 15) is 9.59 Å². The van der Waals surface area contributed by atoms with E-state index in [0.717, 1.165) is 19.4 Å². The minimum Gasteiger partial charge on any atom is -0.444 e. The highest BCUT2D eigenvalue weighted by molar-refractivity contribution is 5.83. The van der Waals surface area contributed by atoms with Crippen LogP contribution in [-0.2, 0) is 19.0 Å². The summed E-state index contributed by atoms with van der Waals surface area (Å²) in [6.07, 6.45) is 32.9. The second kappa shape index (κ2) is 34.7. The zero-order valence-corrected chi connectivity index (χ0v) is 36.5. The number of aromatic nitrogens is 1. The summed E-state index contributed by atoms with van der Waals surface area (Å²) in [6.45, 7) is 14.1. The molecule has 0 saturated carbocycles. The van der Waals surface area contributed by atoms with Gasteiger partial charge < -0.3 is 29.8 Å². The van der Waals surface area contributed by atoms with Gasteiger partial charge >= 0.3 is 6.09 Å². The summed E-state index contributed by atoms with van der Waals surface area (Å²) < 4.78 is 17.3. The Bertz CT molecular complexity index is 1180. The molecule has 8 nitrogen and oxygen atoms in total. The number of aryl methyl sites for hydroxylation is 1. The highest BCUT2D eigenvalue weighted by Crippen LogP contribution is 2.16. The largest absolute Gasteiger partial charge is 0.444 e. The summed E-state index contributed by atoms with van der Waals surface area (Å²) in [7, 11) is 0. The maximum Gasteiger partial charge on any atom is 0.408 e. The SMILES string of the molecule is CCCCCCCCCCCCCCOCC(CNC(=O)CNC(=O)OC(C)(C)C)OCCCCCCCCCCCCCC.Cc1c[nH]c2ccccc12. The fourth-order valence-corrected chi connectivity index (χ4v) is 6.59. The van der Waals surface area contributed by atoms with Crippen molar-refractivity contribution >= 4 is 22.9 Å². The lowest BCUT2D eigenvalue weighted by molar-refractivity contribution is -0.121. The van der Waals surface area contributed by atoms with Crippen molar-refractivity contribution in [1.82, 2.24) is 15.6 Å². The Balaban J connectivity index is 0.00000128. The molecule has 0 fully saturated rings. The number of rotatable bonds is 33. The van der Waals surface area contributed by atoms with Crippen LogP contribution < -0.4 is 10.6 Å². The number of aromatic amines is 1. The predicted molar refractivity (Wildman–Crippen MR) is 233 cm³/mol. The van der Waals surface area contributed by atoms with E-state index in [1.165, 1.54) is 158 Å². The van der Waals surface area contributed by atoms with Crippen LogP contribution in [0.4, 0.5) is 4.79 Å². The maximum absolute atomic E-state index is 12.3. The standard InChI is InChI=1S/C38H76N2O5.C9H9N/c1-6-8-10-12-14-16-18-20-22-24-26-28-30-43-34-35(32-39-36(41)33-40-37(42)45-38(3,4)5)44-31-29-27-25-23-21-19-17-15-13-11-9-7-2;1-7-6-10-9-5-3-2-4-8(7)9/h35H,6-34H2,1-5H3,(H,39,41)(H,40,42);2-6,10H,1H3. The van der Waals surface area contributed by atoms with Crippen molar-refractivity contribution in [2.45, 2.75) is 207 Å². The summed E-state index contributed by atoms with van der Waals surface area (Å²) in [6, 6.07) is 8.31. The summed E-state index contributed by atoms with van der Waals surface area (Å²) in [4.78, 5) is 27.4. The van der Waals surface area contributed by atoms with Gasteiger partial charge in [-0.05, 0) is 52.2 Å². The van der Waals surface area contributed by atoms with Crippen molar-refractivity contribution in [1.29, 1.82) is 0 Å². The van der Waals surface area contributed by atoms with Crippen LogP contribution in [0.1, 0.15) is 194 Å². The Morgan fingerprint density at radius 3 is 1.62 bits per heavy atom. The number of H-pyrrole nitrogens is 1. The quantitative estimate of drug-likeness (QED) is 0.0627. The van der Waals surface area contributed by atoms with Crippen LogP contribution in [0.5, 0.6) is 0 Å². The van der Waals surface area contributed by atoms with Crippen molar-refractivity contribution in [3.8, 4) is 0 Å². The van der Waals surface area contributed by atoms with Gasteiger partial charge in [0.15, 0.2) is 0 Å². The molecule has 1 aromatic heterocycles. The molecule has 1 heterocycles. The average Bonchev–Trinajstić information content (AvgIpc) is 3.54. The minimum absolute atomic E-state index is 0.125. The molecule has 55 heavy (non-hydrogen) atoms. The maximum atomic E-state index is 12.3. The monoisotopic (exact) mass is 772 g/mol. The average molecular weight is 772 g/mol. The van der Waals surface area contributed by atoms with Crippen molar-refractivity contribution in [3.05, 3.63) is 36.0 Å². The molecule has 0 aliphatic heterocycles. The molecule has 0 aliphatic rings. The molecule has 0 saturated heterocycles. The Morgan fingerprint density at radius 1 is 0.655 bits per heavy atom. The van der Waals surface area contributed by atoms with E-state index in [1.54, 1.807) is 20.8 Å². The first-order valence-electron chi connectivity index (χ1n) is 22.6. The molecule has 1 unspecified atom stereocenters.